The van der Waals surface area contributed by atoms with Gasteiger partial charge in [0.15, 0.2) is 12.2 Å². The largest absolute Gasteiger partial charge is 0.479 e. The third-order valence-electron chi connectivity index (χ3n) is 3.84. The van der Waals surface area contributed by atoms with Crippen molar-refractivity contribution in [1.29, 1.82) is 0 Å². The van der Waals surface area contributed by atoms with Crippen LogP contribution in [0.15, 0.2) is 48.5 Å². The molecule has 0 radical (unpaired) electrons. The lowest BCUT2D eigenvalue weighted by Crippen LogP contribution is -2.36. The predicted octanol–water partition coefficient (Wildman–Crippen LogP) is 4.38. The van der Waals surface area contributed by atoms with E-state index in [0.29, 0.717) is 22.9 Å². The fourth-order valence-corrected chi connectivity index (χ4v) is 2.42. The van der Waals surface area contributed by atoms with Crippen molar-refractivity contribution < 1.29 is 19.1 Å². The van der Waals surface area contributed by atoms with Crippen LogP contribution in [0.4, 0.5) is 5.69 Å². The molecule has 0 unspecified atom stereocenters. The molecule has 0 spiro atoms. The first kappa shape index (κ1) is 19.8. The van der Waals surface area contributed by atoms with E-state index in [1.54, 1.807) is 37.3 Å². The van der Waals surface area contributed by atoms with Gasteiger partial charge in [0.25, 0.3) is 5.91 Å². The van der Waals surface area contributed by atoms with E-state index in [0.717, 1.165) is 5.56 Å². The van der Waals surface area contributed by atoms with Gasteiger partial charge in [-0.15, -0.1) is 0 Å². The molecule has 0 saturated heterocycles. The summed E-state index contributed by atoms with van der Waals surface area (Å²) in [6.45, 7) is 5.13. The molecule has 0 aliphatic rings. The molecule has 0 fully saturated rings. The number of nitrogens with one attached hydrogen (secondary N) is 1. The van der Waals surface area contributed by atoms with E-state index < -0.39 is 24.1 Å². The van der Waals surface area contributed by atoms with Gasteiger partial charge in [0, 0.05) is 10.7 Å². The van der Waals surface area contributed by atoms with E-state index in [-0.39, 0.29) is 0 Å². The van der Waals surface area contributed by atoms with Crippen LogP contribution in [0.2, 0.25) is 5.02 Å². The van der Waals surface area contributed by atoms with Crippen LogP contribution < -0.4 is 10.1 Å². The molecule has 2 aromatic rings. The summed E-state index contributed by atoms with van der Waals surface area (Å²) in [6.07, 6.45) is -1.31. The number of rotatable bonds is 7. The maximum Gasteiger partial charge on any atom is 0.348 e. The van der Waals surface area contributed by atoms with Gasteiger partial charge in [0.05, 0.1) is 0 Å². The third-order valence-corrected chi connectivity index (χ3v) is 4.25. The molecule has 5 nitrogen and oxygen atoms in total. The van der Waals surface area contributed by atoms with Crippen LogP contribution in [0.3, 0.4) is 0 Å². The van der Waals surface area contributed by atoms with Gasteiger partial charge in [-0.05, 0) is 50.1 Å². The Morgan fingerprint density at radius 1 is 1.12 bits per heavy atom. The lowest BCUT2D eigenvalue weighted by Gasteiger charge is -2.20. The average molecular weight is 376 g/mol. The van der Waals surface area contributed by atoms with Crippen molar-refractivity contribution in [3.8, 4) is 5.75 Å². The number of para-hydroxylation sites is 1. The number of anilines is 1. The smallest absolute Gasteiger partial charge is 0.348 e. The number of ether oxygens (including phenoxy) is 2. The zero-order chi connectivity index (χ0) is 19.1. The fraction of sp³-hybridized carbons (Fsp3) is 0.300. The maximum atomic E-state index is 12.3. The molecule has 0 aliphatic carbocycles. The fourth-order valence-electron chi connectivity index (χ4n) is 2.24. The topological polar surface area (TPSA) is 64.6 Å². The molecule has 26 heavy (non-hydrogen) atoms. The van der Waals surface area contributed by atoms with Crippen molar-refractivity contribution >= 4 is 29.2 Å². The molecule has 2 atom stereocenters. The van der Waals surface area contributed by atoms with Crippen LogP contribution in [0, 0.1) is 6.92 Å². The molecule has 6 heteroatoms. The summed E-state index contributed by atoms with van der Waals surface area (Å²) in [5, 5.41) is 3.27. The van der Waals surface area contributed by atoms with E-state index in [2.05, 4.69) is 5.32 Å². The Morgan fingerprint density at radius 2 is 1.81 bits per heavy atom. The molecule has 0 aromatic heterocycles. The molecular formula is C20H22ClNO4. The zero-order valence-corrected chi connectivity index (χ0v) is 15.7. The molecular weight excluding hydrogens is 354 g/mol. The minimum atomic E-state index is -0.964. The summed E-state index contributed by atoms with van der Waals surface area (Å²) in [6, 6.07) is 14.2. The van der Waals surface area contributed by atoms with Crippen molar-refractivity contribution in [3.63, 3.8) is 0 Å². The number of benzene rings is 2. The van der Waals surface area contributed by atoms with E-state index in [1.165, 1.54) is 6.92 Å². The van der Waals surface area contributed by atoms with Gasteiger partial charge in [-0.3, -0.25) is 4.79 Å². The number of esters is 1. The molecule has 138 valence electrons. The van der Waals surface area contributed by atoms with Crippen molar-refractivity contribution in [2.24, 2.45) is 0 Å². The first-order chi connectivity index (χ1) is 12.4. The summed E-state index contributed by atoms with van der Waals surface area (Å²) in [7, 11) is 0. The first-order valence-corrected chi connectivity index (χ1v) is 8.78. The second-order valence-corrected chi connectivity index (χ2v) is 6.22. The summed E-state index contributed by atoms with van der Waals surface area (Å²) in [5.41, 5.74) is 1.33. The Morgan fingerprint density at radius 3 is 2.46 bits per heavy atom. The van der Waals surface area contributed by atoms with Crippen LogP contribution in [-0.2, 0) is 14.3 Å². The van der Waals surface area contributed by atoms with Crippen LogP contribution in [0.25, 0.3) is 0 Å². The Bertz CT molecular complexity index is 764. The second kappa shape index (κ2) is 9.25. The van der Waals surface area contributed by atoms with E-state index >= 15 is 0 Å². The van der Waals surface area contributed by atoms with Crippen LogP contribution in [0.5, 0.6) is 5.75 Å². The van der Waals surface area contributed by atoms with Gasteiger partial charge >= 0.3 is 5.97 Å². The van der Waals surface area contributed by atoms with Crippen molar-refractivity contribution in [1.82, 2.24) is 0 Å². The highest BCUT2D eigenvalue weighted by Crippen LogP contribution is 2.23. The molecule has 2 rings (SSSR count). The second-order valence-electron chi connectivity index (χ2n) is 5.81. The maximum absolute atomic E-state index is 12.3. The number of amides is 1. The highest BCUT2D eigenvalue weighted by molar-refractivity contribution is 6.31. The van der Waals surface area contributed by atoms with E-state index in [4.69, 9.17) is 21.1 Å². The molecule has 0 heterocycles. The van der Waals surface area contributed by atoms with Gasteiger partial charge < -0.3 is 14.8 Å². The predicted molar refractivity (Wildman–Crippen MR) is 102 cm³/mol. The molecule has 2 aromatic carbocycles. The van der Waals surface area contributed by atoms with E-state index in [1.807, 2.05) is 25.1 Å². The lowest BCUT2D eigenvalue weighted by molar-refractivity contribution is -0.160. The minimum absolute atomic E-state index is 0.426. The van der Waals surface area contributed by atoms with Crippen LogP contribution in [-0.4, -0.2) is 24.1 Å². The van der Waals surface area contributed by atoms with Gasteiger partial charge in [0.2, 0.25) is 0 Å². The Labute approximate surface area is 158 Å². The molecule has 0 aliphatic heterocycles. The van der Waals surface area contributed by atoms with Gasteiger partial charge in [-0.25, -0.2) is 4.79 Å². The normalized spacial score (nSPS) is 12.8. The van der Waals surface area contributed by atoms with Crippen molar-refractivity contribution in [2.45, 2.75) is 39.4 Å². The summed E-state index contributed by atoms with van der Waals surface area (Å²) < 4.78 is 10.9. The van der Waals surface area contributed by atoms with Gasteiger partial charge in [-0.1, -0.05) is 42.8 Å². The average Bonchev–Trinajstić information content (AvgIpc) is 2.64. The number of hydrogen-bond acceptors (Lipinski definition) is 4. The quantitative estimate of drug-likeness (QED) is 0.729. The number of hydrogen-bond donors (Lipinski definition) is 1. The standard InChI is InChI=1S/C20H22ClNO4/c1-4-18(26-15-9-6-5-7-10-15)20(24)25-14(3)19(23)22-17-12-8-11-16(21)13(17)2/h5-12,14,18H,4H2,1-3H3,(H,22,23)/t14-,18-/m0/s1. The first-order valence-electron chi connectivity index (χ1n) is 8.40. The lowest BCUT2D eigenvalue weighted by atomic mass is 10.2. The molecule has 1 amide bonds. The van der Waals surface area contributed by atoms with Crippen LogP contribution in [0.1, 0.15) is 25.8 Å². The number of carbonyl (C=O) groups excluding carboxylic acids is 2. The van der Waals surface area contributed by atoms with Crippen LogP contribution >= 0.6 is 11.6 Å². The Balaban J connectivity index is 1.96. The molecule has 1 N–H and O–H groups in total. The highest BCUT2D eigenvalue weighted by atomic mass is 35.5. The monoisotopic (exact) mass is 375 g/mol. The van der Waals surface area contributed by atoms with Crippen molar-refractivity contribution in [2.75, 3.05) is 5.32 Å². The van der Waals surface area contributed by atoms with Gasteiger partial charge in [0.1, 0.15) is 5.75 Å². The summed E-state index contributed by atoms with van der Waals surface area (Å²) in [5.74, 6) is -0.442. The summed E-state index contributed by atoms with van der Waals surface area (Å²) >= 11 is 6.05. The summed E-state index contributed by atoms with van der Waals surface area (Å²) in [4.78, 5) is 24.6. The number of carbonyl (C=O) groups is 2. The molecule has 0 bridgehead atoms. The van der Waals surface area contributed by atoms with Gasteiger partial charge in [-0.2, -0.15) is 0 Å². The van der Waals surface area contributed by atoms with E-state index in [9.17, 15) is 9.59 Å². The minimum Gasteiger partial charge on any atom is -0.479 e. The zero-order valence-electron chi connectivity index (χ0n) is 15.0. The third kappa shape index (κ3) is 5.23. The Kier molecular flexibility index (Phi) is 7.04. The molecule has 0 saturated carbocycles. The highest BCUT2D eigenvalue weighted by Gasteiger charge is 2.25. The van der Waals surface area contributed by atoms with Crippen molar-refractivity contribution in [3.05, 3.63) is 59.1 Å². The SMILES string of the molecule is CC[C@H](Oc1ccccc1)C(=O)O[C@@H](C)C(=O)Nc1cccc(Cl)c1C. The number of halogens is 1. The Hall–Kier alpha value is -2.53.